The molecule has 1 amide bonds. The standard InChI is InChI=1S/C14H25N3O2/c18-14(12-2-1-9-19-11-12)17-7-5-16(6-8-17)13-3-4-15-10-13/h12-13,15H,1-11H2. The third kappa shape index (κ3) is 3.09. The molecule has 1 N–H and O–H groups in total. The van der Waals surface area contributed by atoms with E-state index in [1.807, 2.05) is 0 Å². The maximum absolute atomic E-state index is 12.4. The highest BCUT2D eigenvalue weighted by molar-refractivity contribution is 5.79. The Labute approximate surface area is 115 Å². The van der Waals surface area contributed by atoms with E-state index < -0.39 is 0 Å². The van der Waals surface area contributed by atoms with Crippen LogP contribution in [0.15, 0.2) is 0 Å². The Balaban J connectivity index is 1.47. The second kappa shape index (κ2) is 6.20. The minimum absolute atomic E-state index is 0.119. The Bertz CT molecular complexity index is 304. The van der Waals surface area contributed by atoms with Gasteiger partial charge in [-0.3, -0.25) is 9.69 Å². The van der Waals surface area contributed by atoms with Crippen molar-refractivity contribution >= 4 is 5.91 Å². The van der Waals surface area contributed by atoms with Gasteiger partial charge >= 0.3 is 0 Å². The highest BCUT2D eigenvalue weighted by atomic mass is 16.5. The van der Waals surface area contributed by atoms with Gasteiger partial charge in [-0.1, -0.05) is 0 Å². The number of piperazine rings is 1. The predicted octanol–water partition coefficient (Wildman–Crippen LogP) is -0.0809. The van der Waals surface area contributed by atoms with E-state index in [-0.39, 0.29) is 5.92 Å². The van der Waals surface area contributed by atoms with Gasteiger partial charge in [0.15, 0.2) is 0 Å². The minimum Gasteiger partial charge on any atom is -0.381 e. The first-order valence-corrected chi connectivity index (χ1v) is 7.66. The molecular weight excluding hydrogens is 242 g/mol. The van der Waals surface area contributed by atoms with Crippen molar-refractivity contribution in [2.24, 2.45) is 5.92 Å². The van der Waals surface area contributed by atoms with Crippen LogP contribution in [0.25, 0.3) is 0 Å². The van der Waals surface area contributed by atoms with Gasteiger partial charge in [-0.05, 0) is 25.8 Å². The summed E-state index contributed by atoms with van der Waals surface area (Å²) < 4.78 is 5.43. The van der Waals surface area contributed by atoms with Gasteiger partial charge in [0.05, 0.1) is 12.5 Å². The van der Waals surface area contributed by atoms with Crippen molar-refractivity contribution in [3.63, 3.8) is 0 Å². The lowest BCUT2D eigenvalue weighted by Gasteiger charge is -2.39. The van der Waals surface area contributed by atoms with Crippen molar-refractivity contribution in [2.75, 3.05) is 52.5 Å². The fraction of sp³-hybridized carbons (Fsp3) is 0.929. The molecule has 19 heavy (non-hydrogen) atoms. The Hall–Kier alpha value is -0.650. The quantitative estimate of drug-likeness (QED) is 0.760. The molecule has 3 rings (SSSR count). The molecule has 3 aliphatic heterocycles. The van der Waals surface area contributed by atoms with E-state index in [0.717, 1.165) is 58.7 Å². The van der Waals surface area contributed by atoms with Crippen molar-refractivity contribution in [2.45, 2.75) is 25.3 Å². The molecule has 0 radical (unpaired) electrons. The van der Waals surface area contributed by atoms with Crippen molar-refractivity contribution in [3.05, 3.63) is 0 Å². The van der Waals surface area contributed by atoms with E-state index in [1.165, 1.54) is 6.42 Å². The van der Waals surface area contributed by atoms with E-state index in [1.54, 1.807) is 0 Å². The summed E-state index contributed by atoms with van der Waals surface area (Å²) in [6.07, 6.45) is 3.29. The number of rotatable bonds is 2. The molecule has 3 saturated heterocycles. The van der Waals surface area contributed by atoms with Crippen molar-refractivity contribution < 1.29 is 9.53 Å². The lowest BCUT2D eigenvalue weighted by atomic mass is 10.00. The van der Waals surface area contributed by atoms with Gasteiger partial charge < -0.3 is 15.0 Å². The van der Waals surface area contributed by atoms with Crippen LogP contribution in [0.3, 0.4) is 0 Å². The van der Waals surface area contributed by atoms with E-state index in [2.05, 4.69) is 15.1 Å². The Morgan fingerprint density at radius 1 is 1.16 bits per heavy atom. The lowest BCUT2D eigenvalue weighted by molar-refractivity contribution is -0.141. The molecule has 108 valence electrons. The Morgan fingerprint density at radius 2 is 2.00 bits per heavy atom. The van der Waals surface area contributed by atoms with Crippen LogP contribution in [0.2, 0.25) is 0 Å². The molecule has 0 aromatic rings. The first-order chi connectivity index (χ1) is 9.34. The largest absolute Gasteiger partial charge is 0.381 e. The molecule has 0 aliphatic carbocycles. The Morgan fingerprint density at radius 3 is 2.63 bits per heavy atom. The highest BCUT2D eigenvalue weighted by Crippen LogP contribution is 2.18. The number of ether oxygens (including phenoxy) is 1. The highest BCUT2D eigenvalue weighted by Gasteiger charge is 2.31. The summed E-state index contributed by atoms with van der Waals surface area (Å²) in [6.45, 7) is 7.57. The molecule has 0 saturated carbocycles. The summed E-state index contributed by atoms with van der Waals surface area (Å²) in [7, 11) is 0. The topological polar surface area (TPSA) is 44.8 Å². The molecule has 0 aromatic carbocycles. The van der Waals surface area contributed by atoms with Crippen LogP contribution in [0.5, 0.6) is 0 Å². The van der Waals surface area contributed by atoms with Gasteiger partial charge in [-0.25, -0.2) is 0 Å². The number of nitrogens with zero attached hydrogens (tertiary/aromatic N) is 2. The summed E-state index contributed by atoms with van der Waals surface area (Å²) in [5, 5.41) is 3.42. The molecule has 3 heterocycles. The SMILES string of the molecule is O=C(C1CCCOC1)N1CCN(C2CCNC2)CC1. The second-order valence-electron chi connectivity index (χ2n) is 5.92. The predicted molar refractivity (Wildman–Crippen MR) is 73.0 cm³/mol. The molecular formula is C14H25N3O2. The van der Waals surface area contributed by atoms with E-state index in [4.69, 9.17) is 4.74 Å². The molecule has 5 nitrogen and oxygen atoms in total. The second-order valence-corrected chi connectivity index (χ2v) is 5.92. The fourth-order valence-electron chi connectivity index (χ4n) is 3.45. The molecule has 0 aromatic heterocycles. The zero-order chi connectivity index (χ0) is 13.1. The molecule has 0 bridgehead atoms. The zero-order valence-corrected chi connectivity index (χ0v) is 11.6. The van der Waals surface area contributed by atoms with Gasteiger partial charge in [0, 0.05) is 45.4 Å². The number of carbonyl (C=O) groups is 1. The van der Waals surface area contributed by atoms with Crippen LogP contribution in [0.4, 0.5) is 0 Å². The first-order valence-electron chi connectivity index (χ1n) is 7.66. The number of hydrogen-bond acceptors (Lipinski definition) is 4. The molecule has 5 heteroatoms. The summed E-state index contributed by atoms with van der Waals surface area (Å²) in [4.78, 5) is 17.0. The number of hydrogen-bond donors (Lipinski definition) is 1. The van der Waals surface area contributed by atoms with Gasteiger partial charge in [0.2, 0.25) is 5.91 Å². The van der Waals surface area contributed by atoms with Crippen molar-refractivity contribution in [3.8, 4) is 0 Å². The van der Waals surface area contributed by atoms with Gasteiger partial charge in [0.25, 0.3) is 0 Å². The average Bonchev–Trinajstić information content (AvgIpc) is 3.02. The minimum atomic E-state index is 0.119. The fourth-order valence-corrected chi connectivity index (χ4v) is 3.45. The monoisotopic (exact) mass is 267 g/mol. The average molecular weight is 267 g/mol. The van der Waals surface area contributed by atoms with Crippen LogP contribution in [0, 0.1) is 5.92 Å². The molecule has 3 aliphatic rings. The van der Waals surface area contributed by atoms with Gasteiger partial charge in [0.1, 0.15) is 0 Å². The van der Waals surface area contributed by atoms with Crippen LogP contribution < -0.4 is 5.32 Å². The zero-order valence-electron chi connectivity index (χ0n) is 11.6. The molecule has 2 unspecified atom stereocenters. The summed E-state index contributed by atoms with van der Waals surface area (Å²) in [5.41, 5.74) is 0. The normalized spacial score (nSPS) is 33.6. The molecule has 0 spiro atoms. The number of nitrogens with one attached hydrogen (secondary N) is 1. The smallest absolute Gasteiger partial charge is 0.228 e. The lowest BCUT2D eigenvalue weighted by Crippen LogP contribution is -2.54. The third-order valence-electron chi connectivity index (χ3n) is 4.69. The van der Waals surface area contributed by atoms with E-state index in [9.17, 15) is 4.79 Å². The van der Waals surface area contributed by atoms with Crippen LogP contribution >= 0.6 is 0 Å². The number of carbonyl (C=O) groups excluding carboxylic acids is 1. The van der Waals surface area contributed by atoms with Crippen molar-refractivity contribution in [1.29, 1.82) is 0 Å². The van der Waals surface area contributed by atoms with Crippen LogP contribution in [-0.2, 0) is 9.53 Å². The maximum atomic E-state index is 12.4. The molecule has 2 atom stereocenters. The number of amides is 1. The van der Waals surface area contributed by atoms with E-state index in [0.29, 0.717) is 18.6 Å². The van der Waals surface area contributed by atoms with E-state index >= 15 is 0 Å². The van der Waals surface area contributed by atoms with Crippen molar-refractivity contribution in [1.82, 2.24) is 15.1 Å². The van der Waals surface area contributed by atoms with Gasteiger partial charge in [-0.2, -0.15) is 0 Å². The van der Waals surface area contributed by atoms with Crippen LogP contribution in [-0.4, -0.2) is 74.2 Å². The van der Waals surface area contributed by atoms with Gasteiger partial charge in [-0.15, -0.1) is 0 Å². The first kappa shape index (κ1) is 13.3. The molecule has 3 fully saturated rings. The third-order valence-corrected chi connectivity index (χ3v) is 4.69. The Kier molecular flexibility index (Phi) is 4.35. The summed E-state index contributed by atoms with van der Waals surface area (Å²) in [5.74, 6) is 0.442. The maximum Gasteiger partial charge on any atom is 0.228 e. The van der Waals surface area contributed by atoms with Crippen LogP contribution in [0.1, 0.15) is 19.3 Å². The summed E-state index contributed by atoms with van der Waals surface area (Å²) in [6, 6.07) is 0.690. The summed E-state index contributed by atoms with van der Waals surface area (Å²) >= 11 is 0.